The summed E-state index contributed by atoms with van der Waals surface area (Å²) in [5.41, 5.74) is -0.0556. The Kier molecular flexibility index (Phi) is 8.18. The van der Waals surface area contributed by atoms with Crippen LogP contribution in [0.25, 0.3) is 0 Å². The highest BCUT2D eigenvalue weighted by Gasteiger charge is 2.17. The molecular weight excluding hydrogens is 415 g/mol. The van der Waals surface area contributed by atoms with E-state index in [2.05, 4.69) is 5.32 Å². The molecule has 2 rings (SSSR count). The fourth-order valence-electron chi connectivity index (χ4n) is 2.36. The summed E-state index contributed by atoms with van der Waals surface area (Å²) in [7, 11) is 0. The second kappa shape index (κ2) is 10.2. The molecule has 9 heteroatoms. The van der Waals surface area contributed by atoms with E-state index >= 15 is 0 Å². The first-order chi connectivity index (χ1) is 13.2. The van der Waals surface area contributed by atoms with E-state index in [0.29, 0.717) is 34.9 Å². The van der Waals surface area contributed by atoms with Gasteiger partial charge < -0.3 is 15.5 Å². The Bertz CT molecular complexity index is 828. The Hall–Kier alpha value is -1.74. The minimum Gasteiger partial charge on any atom is -0.395 e. The van der Waals surface area contributed by atoms with Gasteiger partial charge in [-0.15, -0.1) is 11.8 Å². The molecule has 0 spiro atoms. The number of hydrogen-bond donors (Lipinski definition) is 3. The molecule has 4 nitrogen and oxygen atoms in total. The molecular formula is C19H19ClF3NO3S. The van der Waals surface area contributed by atoms with E-state index in [0.717, 1.165) is 0 Å². The minimum absolute atomic E-state index is 0.141. The SMILES string of the molecule is CC(O)CC[C@@H](CO)Sc1cc(C(=O)Nc2cc(F)c(F)c(F)c2)ccc1Cl. The lowest BCUT2D eigenvalue weighted by Gasteiger charge is -2.16. The maximum absolute atomic E-state index is 13.3. The summed E-state index contributed by atoms with van der Waals surface area (Å²) < 4.78 is 39.6. The van der Waals surface area contributed by atoms with Crippen LogP contribution in [0, 0.1) is 17.5 Å². The summed E-state index contributed by atoms with van der Waals surface area (Å²) in [6.07, 6.45) is 0.538. The largest absolute Gasteiger partial charge is 0.395 e. The fourth-order valence-corrected chi connectivity index (χ4v) is 3.67. The Morgan fingerprint density at radius 3 is 2.39 bits per heavy atom. The van der Waals surface area contributed by atoms with Crippen molar-refractivity contribution in [1.29, 1.82) is 0 Å². The predicted octanol–water partition coefficient (Wildman–Crippen LogP) is 4.62. The predicted molar refractivity (Wildman–Crippen MR) is 103 cm³/mol. The highest BCUT2D eigenvalue weighted by atomic mass is 35.5. The van der Waals surface area contributed by atoms with E-state index < -0.39 is 29.5 Å². The zero-order valence-corrected chi connectivity index (χ0v) is 16.5. The van der Waals surface area contributed by atoms with Crippen LogP contribution in [-0.2, 0) is 0 Å². The molecule has 0 aliphatic carbocycles. The van der Waals surface area contributed by atoms with Crippen molar-refractivity contribution in [2.75, 3.05) is 11.9 Å². The Balaban J connectivity index is 2.16. The molecule has 1 unspecified atom stereocenters. The number of benzene rings is 2. The molecule has 0 heterocycles. The second-order valence-electron chi connectivity index (χ2n) is 6.20. The van der Waals surface area contributed by atoms with Gasteiger partial charge in [0, 0.05) is 33.5 Å². The molecule has 0 bridgehead atoms. The molecule has 28 heavy (non-hydrogen) atoms. The summed E-state index contributed by atoms with van der Waals surface area (Å²) in [6, 6.07) is 5.78. The third kappa shape index (κ3) is 6.13. The van der Waals surface area contributed by atoms with Crippen molar-refractivity contribution in [1.82, 2.24) is 0 Å². The third-order valence-corrected chi connectivity index (χ3v) is 5.59. The van der Waals surface area contributed by atoms with Gasteiger partial charge in [0.05, 0.1) is 17.7 Å². The van der Waals surface area contributed by atoms with Gasteiger partial charge in [0.1, 0.15) is 0 Å². The molecule has 152 valence electrons. The number of aliphatic hydroxyl groups is 2. The lowest BCUT2D eigenvalue weighted by Crippen LogP contribution is -2.14. The van der Waals surface area contributed by atoms with Crippen molar-refractivity contribution in [2.45, 2.75) is 36.0 Å². The van der Waals surface area contributed by atoms with E-state index in [9.17, 15) is 28.2 Å². The number of carbonyl (C=O) groups excluding carboxylic acids is 1. The second-order valence-corrected chi connectivity index (χ2v) is 7.95. The Labute approximate surface area is 169 Å². The number of aliphatic hydroxyl groups excluding tert-OH is 2. The monoisotopic (exact) mass is 433 g/mol. The smallest absolute Gasteiger partial charge is 0.255 e. The third-order valence-electron chi connectivity index (χ3n) is 3.84. The van der Waals surface area contributed by atoms with Crippen LogP contribution < -0.4 is 5.32 Å². The molecule has 0 aliphatic heterocycles. The fraction of sp³-hybridized carbons (Fsp3) is 0.316. The average Bonchev–Trinajstić information content (AvgIpc) is 2.64. The number of amides is 1. The molecule has 1 amide bonds. The summed E-state index contributed by atoms with van der Waals surface area (Å²) in [4.78, 5) is 12.9. The van der Waals surface area contributed by atoms with E-state index in [1.807, 2.05) is 0 Å². The number of hydrogen-bond acceptors (Lipinski definition) is 4. The first-order valence-electron chi connectivity index (χ1n) is 8.42. The van der Waals surface area contributed by atoms with Gasteiger partial charge in [0.25, 0.3) is 5.91 Å². The summed E-state index contributed by atoms with van der Waals surface area (Å²) in [6.45, 7) is 1.51. The van der Waals surface area contributed by atoms with Crippen LogP contribution >= 0.6 is 23.4 Å². The Morgan fingerprint density at radius 1 is 1.18 bits per heavy atom. The van der Waals surface area contributed by atoms with Crippen LogP contribution in [0.2, 0.25) is 5.02 Å². The first-order valence-corrected chi connectivity index (χ1v) is 9.68. The van der Waals surface area contributed by atoms with Crippen LogP contribution in [0.1, 0.15) is 30.1 Å². The van der Waals surface area contributed by atoms with Crippen molar-refractivity contribution < 1.29 is 28.2 Å². The van der Waals surface area contributed by atoms with Crippen LogP contribution in [0.3, 0.4) is 0 Å². The van der Waals surface area contributed by atoms with Crippen molar-refractivity contribution in [3.05, 3.63) is 58.4 Å². The lowest BCUT2D eigenvalue weighted by atomic mass is 10.2. The topological polar surface area (TPSA) is 69.6 Å². The van der Waals surface area contributed by atoms with Gasteiger partial charge in [0.15, 0.2) is 17.5 Å². The molecule has 3 N–H and O–H groups in total. The van der Waals surface area contributed by atoms with E-state index in [4.69, 9.17) is 11.6 Å². The number of rotatable bonds is 8. The quantitative estimate of drug-likeness (QED) is 0.419. The number of nitrogens with one attached hydrogen (secondary N) is 1. The van der Waals surface area contributed by atoms with Crippen LogP contribution in [-0.4, -0.2) is 34.1 Å². The molecule has 0 aromatic heterocycles. The molecule has 0 saturated heterocycles. The van der Waals surface area contributed by atoms with Crippen molar-refractivity contribution in [2.24, 2.45) is 0 Å². The standard InChI is InChI=1S/C19H19ClF3NO3S/c1-10(26)2-4-13(9-25)28-17-6-11(3-5-14(17)20)19(27)24-12-7-15(21)18(23)16(22)8-12/h3,5-8,10,13,25-26H,2,4,9H2,1H3,(H,24,27)/t10?,13-/m0/s1. The Morgan fingerprint density at radius 2 is 1.82 bits per heavy atom. The normalized spacial score (nSPS) is 13.2. The van der Waals surface area contributed by atoms with Gasteiger partial charge in [0.2, 0.25) is 0 Å². The van der Waals surface area contributed by atoms with Crippen molar-refractivity contribution in [3.8, 4) is 0 Å². The minimum atomic E-state index is -1.62. The molecule has 0 saturated carbocycles. The van der Waals surface area contributed by atoms with E-state index in [-0.39, 0.29) is 23.1 Å². The first kappa shape index (κ1) is 22.5. The highest BCUT2D eigenvalue weighted by Crippen LogP contribution is 2.33. The van der Waals surface area contributed by atoms with Crippen LogP contribution in [0.4, 0.5) is 18.9 Å². The molecule has 2 aromatic carbocycles. The van der Waals surface area contributed by atoms with Gasteiger partial charge >= 0.3 is 0 Å². The zero-order valence-electron chi connectivity index (χ0n) is 14.9. The van der Waals surface area contributed by atoms with Crippen LogP contribution in [0.15, 0.2) is 35.2 Å². The maximum atomic E-state index is 13.3. The van der Waals surface area contributed by atoms with Gasteiger partial charge in [-0.05, 0) is 38.0 Å². The van der Waals surface area contributed by atoms with E-state index in [1.165, 1.54) is 30.0 Å². The number of carbonyl (C=O) groups is 1. The van der Waals surface area contributed by atoms with Gasteiger partial charge in [-0.1, -0.05) is 11.6 Å². The van der Waals surface area contributed by atoms with Crippen molar-refractivity contribution in [3.63, 3.8) is 0 Å². The molecule has 2 aromatic rings. The van der Waals surface area contributed by atoms with Gasteiger partial charge in [-0.3, -0.25) is 4.79 Å². The highest BCUT2D eigenvalue weighted by molar-refractivity contribution is 8.00. The van der Waals surface area contributed by atoms with E-state index in [1.54, 1.807) is 6.92 Å². The summed E-state index contributed by atoms with van der Waals surface area (Å²) >= 11 is 7.42. The lowest BCUT2D eigenvalue weighted by molar-refractivity contribution is 0.102. The molecule has 0 fully saturated rings. The van der Waals surface area contributed by atoms with Gasteiger partial charge in [-0.25, -0.2) is 13.2 Å². The molecule has 0 radical (unpaired) electrons. The van der Waals surface area contributed by atoms with Crippen LogP contribution in [0.5, 0.6) is 0 Å². The summed E-state index contributed by atoms with van der Waals surface area (Å²) in [5, 5.41) is 21.3. The van der Waals surface area contributed by atoms with Gasteiger partial charge in [-0.2, -0.15) is 0 Å². The number of halogens is 4. The summed E-state index contributed by atoms with van der Waals surface area (Å²) in [5.74, 6) is -5.10. The number of thioether (sulfide) groups is 1. The molecule has 0 aliphatic rings. The zero-order chi connectivity index (χ0) is 20.8. The maximum Gasteiger partial charge on any atom is 0.255 e. The number of anilines is 1. The molecule has 2 atom stereocenters. The van der Waals surface area contributed by atoms with Crippen molar-refractivity contribution >= 4 is 35.0 Å². The average molecular weight is 434 g/mol.